The Labute approximate surface area is 127 Å². The van der Waals surface area contributed by atoms with Gasteiger partial charge in [0.15, 0.2) is 0 Å². The molecule has 0 atom stereocenters. The summed E-state index contributed by atoms with van der Waals surface area (Å²) >= 11 is 1.66. The molecule has 0 saturated carbocycles. The third-order valence-electron chi connectivity index (χ3n) is 3.11. The molecule has 0 saturated heterocycles. The highest BCUT2D eigenvalue weighted by atomic mass is 32.1. The van der Waals surface area contributed by atoms with Crippen LogP contribution in [0.4, 0.5) is 0 Å². The second-order valence-electron chi connectivity index (χ2n) is 4.63. The number of benzene rings is 1. The lowest BCUT2D eigenvalue weighted by Gasteiger charge is -2.07. The molecular weight excluding hydrogens is 282 g/mol. The first-order chi connectivity index (χ1) is 10.4. The quantitative estimate of drug-likeness (QED) is 0.758. The summed E-state index contributed by atoms with van der Waals surface area (Å²) in [6.45, 7) is 4.34. The first-order valence-electron chi connectivity index (χ1n) is 6.97. The minimum absolute atomic E-state index is 0.483. The maximum absolute atomic E-state index is 5.91. The number of thiazole rings is 1. The third kappa shape index (κ3) is 3.37. The number of hydrogen-bond donors (Lipinski definition) is 1. The Bertz CT molecular complexity index is 721. The number of ether oxygens (including phenoxy) is 1. The minimum atomic E-state index is 0.483. The second kappa shape index (κ2) is 6.65. The Hall–Kier alpha value is -1.98. The molecule has 108 valence electrons. The van der Waals surface area contributed by atoms with Crippen LogP contribution in [0, 0.1) is 0 Å². The van der Waals surface area contributed by atoms with E-state index in [4.69, 9.17) is 4.74 Å². The summed E-state index contributed by atoms with van der Waals surface area (Å²) in [5.41, 5.74) is 1.91. The number of rotatable bonds is 6. The van der Waals surface area contributed by atoms with Crippen LogP contribution in [0.1, 0.15) is 17.6 Å². The number of fused-ring (bicyclic) bond motifs is 1. The van der Waals surface area contributed by atoms with Gasteiger partial charge in [-0.25, -0.2) is 4.98 Å². The maximum Gasteiger partial charge on any atom is 0.131 e. The van der Waals surface area contributed by atoms with E-state index in [-0.39, 0.29) is 0 Å². The fraction of sp³-hybridized carbons (Fsp3) is 0.250. The largest absolute Gasteiger partial charge is 0.487 e. The van der Waals surface area contributed by atoms with Gasteiger partial charge in [0.2, 0.25) is 0 Å². The molecule has 2 aromatic heterocycles. The lowest BCUT2D eigenvalue weighted by Crippen LogP contribution is -2.11. The van der Waals surface area contributed by atoms with Crippen LogP contribution in [-0.4, -0.2) is 16.5 Å². The van der Waals surface area contributed by atoms with E-state index in [0.29, 0.717) is 6.61 Å². The van der Waals surface area contributed by atoms with E-state index in [1.54, 1.807) is 17.5 Å². The first-order valence-corrected chi connectivity index (χ1v) is 7.85. The van der Waals surface area contributed by atoms with E-state index in [2.05, 4.69) is 27.6 Å². The molecule has 5 heteroatoms. The van der Waals surface area contributed by atoms with Crippen LogP contribution < -0.4 is 10.1 Å². The third-order valence-corrected chi connectivity index (χ3v) is 4.00. The molecule has 21 heavy (non-hydrogen) atoms. The molecular formula is C16H17N3OS. The molecule has 1 N–H and O–H groups in total. The van der Waals surface area contributed by atoms with Crippen molar-refractivity contribution < 1.29 is 4.74 Å². The molecule has 0 radical (unpaired) electrons. The van der Waals surface area contributed by atoms with Crippen LogP contribution in [0.3, 0.4) is 0 Å². The van der Waals surface area contributed by atoms with Crippen LogP contribution in [-0.2, 0) is 13.2 Å². The fourth-order valence-electron chi connectivity index (χ4n) is 2.08. The molecule has 2 heterocycles. The van der Waals surface area contributed by atoms with Crippen molar-refractivity contribution in [1.82, 2.24) is 15.3 Å². The smallest absolute Gasteiger partial charge is 0.131 e. The number of nitrogens with zero attached hydrogens (tertiary/aromatic N) is 2. The van der Waals surface area contributed by atoms with Crippen LogP contribution in [0.2, 0.25) is 0 Å². The van der Waals surface area contributed by atoms with E-state index >= 15 is 0 Å². The number of aromatic nitrogens is 2. The lowest BCUT2D eigenvalue weighted by molar-refractivity contribution is 0.305. The van der Waals surface area contributed by atoms with Crippen LogP contribution >= 0.6 is 11.3 Å². The van der Waals surface area contributed by atoms with Gasteiger partial charge in [-0.2, -0.15) is 0 Å². The van der Waals surface area contributed by atoms with Gasteiger partial charge in [-0.3, -0.25) is 4.98 Å². The van der Waals surface area contributed by atoms with Crippen molar-refractivity contribution in [2.75, 3.05) is 6.54 Å². The average molecular weight is 299 g/mol. The van der Waals surface area contributed by atoms with Crippen molar-refractivity contribution in [2.24, 2.45) is 0 Å². The Morgan fingerprint density at radius 1 is 1.24 bits per heavy atom. The Kier molecular flexibility index (Phi) is 4.43. The fourth-order valence-corrected chi connectivity index (χ4v) is 2.83. The van der Waals surface area contributed by atoms with E-state index in [9.17, 15) is 0 Å². The summed E-state index contributed by atoms with van der Waals surface area (Å²) in [5, 5.41) is 7.45. The average Bonchev–Trinajstić information content (AvgIpc) is 2.99. The van der Waals surface area contributed by atoms with Crippen molar-refractivity contribution in [3.8, 4) is 5.75 Å². The molecule has 1 aromatic carbocycles. The molecule has 0 bridgehead atoms. The molecule has 0 aliphatic heterocycles. The SMILES string of the molecule is CCNCc1nc(COc2cccc3ncccc23)cs1. The van der Waals surface area contributed by atoms with Gasteiger partial charge < -0.3 is 10.1 Å². The number of nitrogens with one attached hydrogen (secondary N) is 1. The number of hydrogen-bond acceptors (Lipinski definition) is 5. The molecule has 0 unspecified atom stereocenters. The van der Waals surface area contributed by atoms with Crippen LogP contribution in [0.25, 0.3) is 10.9 Å². The summed E-state index contributed by atoms with van der Waals surface area (Å²) in [4.78, 5) is 8.89. The van der Waals surface area contributed by atoms with Crippen molar-refractivity contribution in [1.29, 1.82) is 0 Å². The molecule has 3 aromatic rings. The van der Waals surface area contributed by atoms with Crippen molar-refractivity contribution in [3.05, 3.63) is 52.6 Å². The molecule has 0 spiro atoms. The maximum atomic E-state index is 5.91. The van der Waals surface area contributed by atoms with E-state index in [1.165, 1.54) is 0 Å². The highest BCUT2D eigenvalue weighted by Gasteiger charge is 2.05. The summed E-state index contributed by atoms with van der Waals surface area (Å²) < 4.78 is 5.91. The molecule has 3 rings (SSSR count). The van der Waals surface area contributed by atoms with Crippen LogP contribution in [0.5, 0.6) is 5.75 Å². The van der Waals surface area contributed by atoms with Gasteiger partial charge in [-0.15, -0.1) is 11.3 Å². The molecule has 4 nitrogen and oxygen atoms in total. The van der Waals surface area contributed by atoms with Crippen molar-refractivity contribution in [2.45, 2.75) is 20.1 Å². The zero-order valence-corrected chi connectivity index (χ0v) is 12.7. The van der Waals surface area contributed by atoms with Crippen molar-refractivity contribution in [3.63, 3.8) is 0 Å². The standard InChI is InChI=1S/C16H17N3OS/c1-2-17-9-16-19-12(11-21-16)10-20-15-7-3-6-14-13(15)5-4-8-18-14/h3-8,11,17H,2,9-10H2,1H3. The normalized spacial score (nSPS) is 10.9. The predicted octanol–water partition coefficient (Wildman–Crippen LogP) is 3.38. The van der Waals surface area contributed by atoms with E-state index < -0.39 is 0 Å². The summed E-state index contributed by atoms with van der Waals surface area (Å²) in [6.07, 6.45) is 1.79. The van der Waals surface area contributed by atoms with Gasteiger partial charge in [0, 0.05) is 23.5 Å². The Morgan fingerprint density at radius 2 is 2.19 bits per heavy atom. The highest BCUT2D eigenvalue weighted by molar-refractivity contribution is 7.09. The second-order valence-corrected chi connectivity index (χ2v) is 5.57. The topological polar surface area (TPSA) is 47.0 Å². The van der Waals surface area contributed by atoms with Gasteiger partial charge in [0.25, 0.3) is 0 Å². The molecule has 0 aliphatic carbocycles. The Morgan fingerprint density at radius 3 is 3.10 bits per heavy atom. The first kappa shape index (κ1) is 14.0. The summed E-state index contributed by atoms with van der Waals surface area (Å²) in [5.74, 6) is 0.849. The van der Waals surface area contributed by atoms with Gasteiger partial charge >= 0.3 is 0 Å². The monoisotopic (exact) mass is 299 g/mol. The molecule has 0 amide bonds. The predicted molar refractivity (Wildman–Crippen MR) is 85.6 cm³/mol. The zero-order chi connectivity index (χ0) is 14.5. The van der Waals surface area contributed by atoms with E-state index in [0.717, 1.165) is 40.4 Å². The number of pyridine rings is 1. The Balaban J connectivity index is 1.70. The molecule has 0 fully saturated rings. The van der Waals surface area contributed by atoms with Crippen LogP contribution in [0.15, 0.2) is 41.9 Å². The van der Waals surface area contributed by atoms with Gasteiger partial charge in [-0.05, 0) is 30.8 Å². The molecule has 0 aliphatic rings. The lowest BCUT2D eigenvalue weighted by atomic mass is 10.2. The van der Waals surface area contributed by atoms with Crippen molar-refractivity contribution >= 4 is 22.2 Å². The van der Waals surface area contributed by atoms with Gasteiger partial charge in [0.05, 0.1) is 11.2 Å². The van der Waals surface area contributed by atoms with Gasteiger partial charge in [0.1, 0.15) is 17.4 Å². The summed E-state index contributed by atoms with van der Waals surface area (Å²) in [7, 11) is 0. The minimum Gasteiger partial charge on any atom is -0.487 e. The summed E-state index contributed by atoms with van der Waals surface area (Å²) in [6, 6.07) is 9.86. The van der Waals surface area contributed by atoms with Gasteiger partial charge in [-0.1, -0.05) is 13.0 Å². The van der Waals surface area contributed by atoms with E-state index in [1.807, 2.05) is 30.3 Å². The highest BCUT2D eigenvalue weighted by Crippen LogP contribution is 2.24. The zero-order valence-electron chi connectivity index (χ0n) is 11.9.